The number of carbonyl (C=O) groups is 1. The van der Waals surface area contributed by atoms with Gasteiger partial charge in [0.2, 0.25) is 5.91 Å². The fourth-order valence-corrected chi connectivity index (χ4v) is 2.28. The summed E-state index contributed by atoms with van der Waals surface area (Å²) in [6, 6.07) is 8.31. The van der Waals surface area contributed by atoms with E-state index in [1.54, 1.807) is 18.2 Å². The van der Waals surface area contributed by atoms with Gasteiger partial charge in [-0.2, -0.15) is 0 Å². The lowest BCUT2D eigenvalue weighted by molar-refractivity contribution is -0.121. The molecule has 1 aliphatic rings. The van der Waals surface area contributed by atoms with Crippen molar-refractivity contribution in [1.82, 2.24) is 5.32 Å². The molecule has 1 aromatic carbocycles. The fraction of sp³-hybridized carbons (Fsp3) is 0.333. The molecule has 2 N–H and O–H groups in total. The summed E-state index contributed by atoms with van der Waals surface area (Å²) >= 11 is 0. The monoisotopic (exact) mass is 272 g/mol. The molecule has 1 saturated heterocycles. The van der Waals surface area contributed by atoms with E-state index in [1.165, 1.54) is 6.07 Å². The molecule has 0 saturated carbocycles. The van der Waals surface area contributed by atoms with Crippen molar-refractivity contribution < 1.29 is 9.21 Å². The molecule has 3 rings (SSSR count). The number of anilines is 1. The Morgan fingerprint density at radius 2 is 2.15 bits per heavy atom. The van der Waals surface area contributed by atoms with Crippen LogP contribution in [0.5, 0.6) is 0 Å². The molecule has 5 nitrogen and oxygen atoms in total. The molecular weight excluding hydrogens is 256 g/mol. The zero-order valence-corrected chi connectivity index (χ0v) is 11.2. The average molecular weight is 272 g/mol. The number of fused-ring (bicyclic) bond motifs is 1. The highest BCUT2D eigenvalue weighted by molar-refractivity contribution is 5.94. The molecule has 0 radical (unpaired) electrons. The summed E-state index contributed by atoms with van der Waals surface area (Å²) in [5, 5.41) is 6.87. The van der Waals surface area contributed by atoms with Gasteiger partial charge in [-0.05, 0) is 43.3 Å². The second-order valence-electron chi connectivity index (χ2n) is 5.20. The minimum absolute atomic E-state index is 0.0133. The van der Waals surface area contributed by atoms with E-state index in [1.807, 2.05) is 13.0 Å². The van der Waals surface area contributed by atoms with Crippen molar-refractivity contribution in [1.29, 1.82) is 0 Å². The van der Waals surface area contributed by atoms with Crippen LogP contribution < -0.4 is 16.3 Å². The zero-order valence-electron chi connectivity index (χ0n) is 11.2. The van der Waals surface area contributed by atoms with Crippen molar-refractivity contribution >= 4 is 22.6 Å². The van der Waals surface area contributed by atoms with E-state index in [2.05, 4.69) is 10.6 Å². The Bertz CT molecular complexity index is 704. The molecule has 0 aliphatic carbocycles. The number of benzene rings is 1. The summed E-state index contributed by atoms with van der Waals surface area (Å²) in [5.74, 6) is 0.419. The third-order valence-electron chi connectivity index (χ3n) is 3.82. The van der Waals surface area contributed by atoms with E-state index in [4.69, 9.17) is 4.42 Å². The van der Waals surface area contributed by atoms with Crippen LogP contribution in [0.3, 0.4) is 0 Å². The molecule has 2 heterocycles. The summed E-state index contributed by atoms with van der Waals surface area (Å²) < 4.78 is 5.06. The van der Waals surface area contributed by atoms with Crippen molar-refractivity contribution in [3.63, 3.8) is 0 Å². The van der Waals surface area contributed by atoms with Crippen LogP contribution in [0.15, 0.2) is 39.5 Å². The van der Waals surface area contributed by atoms with Crippen molar-refractivity contribution in [2.24, 2.45) is 11.8 Å². The Balaban J connectivity index is 1.78. The van der Waals surface area contributed by atoms with Gasteiger partial charge in [-0.15, -0.1) is 0 Å². The van der Waals surface area contributed by atoms with E-state index in [9.17, 15) is 9.59 Å². The van der Waals surface area contributed by atoms with Crippen LogP contribution in [-0.4, -0.2) is 19.0 Å². The minimum atomic E-state index is -0.375. The fourth-order valence-electron chi connectivity index (χ4n) is 2.28. The highest BCUT2D eigenvalue weighted by atomic mass is 16.4. The lowest BCUT2D eigenvalue weighted by atomic mass is 9.88. The van der Waals surface area contributed by atoms with E-state index < -0.39 is 0 Å². The van der Waals surface area contributed by atoms with Gasteiger partial charge in [0.15, 0.2) is 0 Å². The maximum Gasteiger partial charge on any atom is 0.336 e. The summed E-state index contributed by atoms with van der Waals surface area (Å²) in [6.07, 6.45) is 0. The van der Waals surface area contributed by atoms with Crippen molar-refractivity contribution in [3.05, 3.63) is 40.8 Å². The highest BCUT2D eigenvalue weighted by Gasteiger charge is 2.28. The second kappa shape index (κ2) is 5.09. The average Bonchev–Trinajstić information content (AvgIpc) is 2.37. The van der Waals surface area contributed by atoms with Gasteiger partial charge in [-0.3, -0.25) is 4.79 Å². The lowest BCUT2D eigenvalue weighted by Gasteiger charge is -2.31. The van der Waals surface area contributed by atoms with Gasteiger partial charge < -0.3 is 15.1 Å². The Labute approximate surface area is 116 Å². The largest absolute Gasteiger partial charge is 0.423 e. The third kappa shape index (κ3) is 2.44. The Kier molecular flexibility index (Phi) is 3.28. The van der Waals surface area contributed by atoms with E-state index >= 15 is 0 Å². The molecule has 1 aromatic heterocycles. The molecule has 0 spiro atoms. The highest BCUT2D eigenvalue weighted by Crippen LogP contribution is 2.21. The number of hydrogen-bond acceptors (Lipinski definition) is 4. The third-order valence-corrected chi connectivity index (χ3v) is 3.82. The predicted molar refractivity (Wildman–Crippen MR) is 76.6 cm³/mol. The molecular formula is C15H16N2O3. The number of amides is 1. The second-order valence-corrected chi connectivity index (χ2v) is 5.20. The predicted octanol–water partition coefficient (Wildman–Crippen LogP) is 1.59. The number of rotatable bonds is 3. The molecule has 1 unspecified atom stereocenters. The van der Waals surface area contributed by atoms with Crippen LogP contribution in [0.4, 0.5) is 5.69 Å². The molecule has 1 amide bonds. The van der Waals surface area contributed by atoms with Gasteiger partial charge in [0.1, 0.15) is 5.58 Å². The minimum Gasteiger partial charge on any atom is -0.423 e. The zero-order chi connectivity index (χ0) is 14.1. The van der Waals surface area contributed by atoms with Crippen LogP contribution in [0.1, 0.15) is 6.92 Å². The lowest BCUT2D eigenvalue weighted by Crippen LogP contribution is -2.48. The van der Waals surface area contributed by atoms with Crippen LogP contribution in [0.2, 0.25) is 0 Å². The maximum atomic E-state index is 12.1. The normalized spacial score (nSPS) is 16.6. The van der Waals surface area contributed by atoms with Crippen LogP contribution in [0.25, 0.3) is 11.0 Å². The van der Waals surface area contributed by atoms with Gasteiger partial charge in [-0.1, -0.05) is 6.92 Å². The molecule has 104 valence electrons. The maximum absolute atomic E-state index is 12.1. The Morgan fingerprint density at radius 3 is 2.85 bits per heavy atom. The van der Waals surface area contributed by atoms with Crippen LogP contribution in [-0.2, 0) is 4.79 Å². The molecule has 0 bridgehead atoms. The summed E-state index contributed by atoms with van der Waals surface area (Å²) in [7, 11) is 0. The molecule has 1 fully saturated rings. The van der Waals surface area contributed by atoms with Crippen LogP contribution >= 0.6 is 0 Å². The first-order chi connectivity index (χ1) is 9.63. The summed E-state index contributed by atoms with van der Waals surface area (Å²) in [4.78, 5) is 23.2. The van der Waals surface area contributed by atoms with Gasteiger partial charge in [0, 0.05) is 23.1 Å². The molecule has 2 aromatic rings. The van der Waals surface area contributed by atoms with Gasteiger partial charge in [0.05, 0.1) is 0 Å². The van der Waals surface area contributed by atoms with Gasteiger partial charge in [-0.25, -0.2) is 4.79 Å². The first-order valence-corrected chi connectivity index (χ1v) is 6.69. The standard InChI is InChI=1S/C15H16N2O3/c1-9(11-7-16-8-11)15(19)17-12-3-4-13-10(6-12)2-5-14(18)20-13/h2-6,9,11,16H,7-8H2,1H3,(H,17,19). The number of carbonyl (C=O) groups excluding carboxylic acids is 1. The van der Waals surface area contributed by atoms with Gasteiger partial charge >= 0.3 is 5.63 Å². The molecule has 1 atom stereocenters. The quantitative estimate of drug-likeness (QED) is 0.832. The Morgan fingerprint density at radius 1 is 1.35 bits per heavy atom. The smallest absolute Gasteiger partial charge is 0.336 e. The SMILES string of the molecule is CC(C(=O)Nc1ccc2oc(=O)ccc2c1)C1CNC1. The van der Waals surface area contributed by atoms with Crippen molar-refractivity contribution in [2.75, 3.05) is 18.4 Å². The van der Waals surface area contributed by atoms with Gasteiger partial charge in [0.25, 0.3) is 0 Å². The molecule has 5 heteroatoms. The van der Waals surface area contributed by atoms with Crippen molar-refractivity contribution in [2.45, 2.75) is 6.92 Å². The van der Waals surface area contributed by atoms with E-state index in [0.717, 1.165) is 24.2 Å². The number of nitrogens with one attached hydrogen (secondary N) is 2. The van der Waals surface area contributed by atoms with Crippen LogP contribution in [0, 0.1) is 11.8 Å². The summed E-state index contributed by atoms with van der Waals surface area (Å²) in [6.45, 7) is 3.75. The summed E-state index contributed by atoms with van der Waals surface area (Å²) in [5.41, 5.74) is 0.864. The molecule has 20 heavy (non-hydrogen) atoms. The van der Waals surface area contributed by atoms with E-state index in [-0.39, 0.29) is 17.5 Å². The van der Waals surface area contributed by atoms with E-state index in [0.29, 0.717) is 11.5 Å². The molecule has 1 aliphatic heterocycles. The topological polar surface area (TPSA) is 71.3 Å². The Hall–Kier alpha value is -2.14. The first-order valence-electron chi connectivity index (χ1n) is 6.69. The first kappa shape index (κ1) is 12.9. The van der Waals surface area contributed by atoms with Crippen molar-refractivity contribution in [3.8, 4) is 0 Å². The number of hydrogen-bond donors (Lipinski definition) is 2.